The average molecular weight is 391 g/mol. The van der Waals surface area contributed by atoms with Crippen LogP contribution in [0.25, 0.3) is 0 Å². The smallest absolute Gasteiger partial charge is 0.233 e. The monoisotopic (exact) mass is 390 g/mol. The summed E-state index contributed by atoms with van der Waals surface area (Å²) in [6.45, 7) is 10.4. The minimum absolute atomic E-state index is 0.201. The lowest BCUT2D eigenvalue weighted by Crippen LogP contribution is -2.43. The van der Waals surface area contributed by atoms with Gasteiger partial charge in [0.1, 0.15) is 0 Å². The van der Waals surface area contributed by atoms with Crippen molar-refractivity contribution in [2.24, 2.45) is 11.8 Å². The fourth-order valence-electron chi connectivity index (χ4n) is 3.34. The number of nitrogens with one attached hydrogen (secondary N) is 1. The summed E-state index contributed by atoms with van der Waals surface area (Å²) in [5.41, 5.74) is 3.52. The van der Waals surface area contributed by atoms with Crippen LogP contribution in [0.15, 0.2) is 22.5 Å². The highest BCUT2D eigenvalue weighted by molar-refractivity contribution is 8.01. The lowest BCUT2D eigenvalue weighted by atomic mass is 9.92. The molecule has 7 heteroatoms. The van der Waals surface area contributed by atoms with Gasteiger partial charge >= 0.3 is 0 Å². The van der Waals surface area contributed by atoms with Crippen molar-refractivity contribution in [3.8, 4) is 0 Å². The number of carbonyl (C=O) groups excluding carboxylic acids is 1. The summed E-state index contributed by atoms with van der Waals surface area (Å²) in [5.74, 6) is 1.80. The van der Waals surface area contributed by atoms with Gasteiger partial charge in [-0.25, -0.2) is 0 Å². The zero-order chi connectivity index (χ0) is 18.7. The van der Waals surface area contributed by atoms with Crippen LogP contribution in [0.5, 0.6) is 0 Å². The average Bonchev–Trinajstić information content (AvgIpc) is 3.02. The Morgan fingerprint density at radius 2 is 1.96 bits per heavy atom. The zero-order valence-electron chi connectivity index (χ0n) is 15.8. The Morgan fingerprint density at radius 1 is 1.23 bits per heavy atom. The van der Waals surface area contributed by atoms with E-state index in [9.17, 15) is 4.79 Å². The van der Waals surface area contributed by atoms with Crippen molar-refractivity contribution in [3.05, 3.63) is 29.3 Å². The van der Waals surface area contributed by atoms with E-state index in [1.807, 2.05) is 11.0 Å². The van der Waals surface area contributed by atoms with Crippen LogP contribution in [0.1, 0.15) is 31.4 Å². The largest absolute Gasteiger partial charge is 0.341 e. The highest BCUT2D eigenvalue weighted by Crippen LogP contribution is 2.29. The molecule has 140 valence electrons. The second-order valence-corrected chi connectivity index (χ2v) is 9.53. The van der Waals surface area contributed by atoms with Gasteiger partial charge in [0.15, 0.2) is 4.34 Å². The minimum Gasteiger partial charge on any atom is -0.341 e. The van der Waals surface area contributed by atoms with E-state index in [0.29, 0.717) is 17.6 Å². The van der Waals surface area contributed by atoms with Crippen LogP contribution >= 0.6 is 23.1 Å². The molecule has 2 aromatic rings. The molecule has 1 aliphatic heterocycles. The maximum Gasteiger partial charge on any atom is 0.233 e. The quantitative estimate of drug-likeness (QED) is 0.762. The Morgan fingerprint density at radius 3 is 2.65 bits per heavy atom. The number of rotatable bonds is 5. The molecule has 0 saturated carbocycles. The number of likely N-dealkylation sites (tertiary alicyclic amines) is 1. The predicted molar refractivity (Wildman–Crippen MR) is 109 cm³/mol. The number of benzene rings is 1. The normalized spacial score (nSPS) is 20.2. The molecule has 0 aliphatic carbocycles. The molecule has 1 aromatic carbocycles. The Kier molecular flexibility index (Phi) is 6.19. The zero-order valence-corrected chi connectivity index (χ0v) is 17.4. The van der Waals surface area contributed by atoms with Crippen LogP contribution in [0.4, 0.5) is 10.8 Å². The molecule has 1 aromatic heterocycles. The predicted octanol–water partition coefficient (Wildman–Crippen LogP) is 4.50. The molecule has 1 N–H and O–H groups in total. The van der Waals surface area contributed by atoms with E-state index in [-0.39, 0.29) is 5.91 Å². The first-order valence-electron chi connectivity index (χ1n) is 8.99. The highest BCUT2D eigenvalue weighted by atomic mass is 32.2. The van der Waals surface area contributed by atoms with Crippen LogP contribution in [0.2, 0.25) is 0 Å². The number of thioether (sulfide) groups is 1. The molecule has 2 atom stereocenters. The first-order chi connectivity index (χ1) is 12.4. The molecule has 1 saturated heterocycles. The van der Waals surface area contributed by atoms with Gasteiger partial charge in [-0.3, -0.25) is 4.79 Å². The minimum atomic E-state index is 0.201. The maximum atomic E-state index is 12.5. The standard InChI is InChI=1S/C19H26N4OS2/c1-12-7-13(2)10-23(9-12)17(24)11-25-19-22-21-18(26-19)20-16-6-5-14(3)15(4)8-16/h5-6,8,12-13H,7,9-11H2,1-4H3,(H,20,21)/t12-,13-/m0/s1. The Bertz CT molecular complexity index is 767. The van der Waals surface area contributed by atoms with Crippen LogP contribution in [0.3, 0.4) is 0 Å². The van der Waals surface area contributed by atoms with Gasteiger partial charge in [-0.2, -0.15) is 0 Å². The SMILES string of the molecule is Cc1ccc(Nc2nnc(SCC(=O)N3C[C@@H](C)C[C@H](C)C3)s2)cc1C. The van der Waals surface area contributed by atoms with Crippen molar-refractivity contribution in [3.63, 3.8) is 0 Å². The van der Waals surface area contributed by atoms with Gasteiger partial charge < -0.3 is 10.2 Å². The summed E-state index contributed by atoms with van der Waals surface area (Å²) in [4.78, 5) is 14.5. The molecule has 26 heavy (non-hydrogen) atoms. The molecule has 0 radical (unpaired) electrons. The maximum absolute atomic E-state index is 12.5. The number of carbonyl (C=O) groups is 1. The number of amides is 1. The van der Waals surface area contributed by atoms with Gasteiger partial charge in [0.05, 0.1) is 5.75 Å². The molecular formula is C19H26N4OS2. The van der Waals surface area contributed by atoms with Crippen LogP contribution in [-0.2, 0) is 4.79 Å². The Hall–Kier alpha value is -1.60. The third-order valence-corrected chi connectivity index (χ3v) is 6.66. The van der Waals surface area contributed by atoms with Crippen LogP contribution in [0, 0.1) is 25.7 Å². The number of aromatic nitrogens is 2. The summed E-state index contributed by atoms with van der Waals surface area (Å²) in [7, 11) is 0. The summed E-state index contributed by atoms with van der Waals surface area (Å²) < 4.78 is 0.822. The third-order valence-electron chi connectivity index (χ3n) is 4.71. The second-order valence-electron chi connectivity index (χ2n) is 7.33. The molecule has 1 aliphatic rings. The van der Waals surface area contributed by atoms with E-state index >= 15 is 0 Å². The van der Waals surface area contributed by atoms with Gasteiger partial charge in [0, 0.05) is 18.8 Å². The fourth-order valence-corrected chi connectivity index (χ4v) is 5.02. The fraction of sp³-hybridized carbons (Fsp3) is 0.526. The topological polar surface area (TPSA) is 58.1 Å². The second kappa shape index (κ2) is 8.39. The van der Waals surface area contributed by atoms with Crippen LogP contribution < -0.4 is 5.32 Å². The molecule has 1 fully saturated rings. The number of anilines is 2. The molecule has 3 rings (SSSR count). The van der Waals surface area contributed by atoms with E-state index < -0.39 is 0 Å². The van der Waals surface area contributed by atoms with Crippen molar-refractivity contribution >= 4 is 39.8 Å². The van der Waals surface area contributed by atoms with Gasteiger partial charge in [-0.15, -0.1) is 10.2 Å². The molecule has 1 amide bonds. The number of hydrogen-bond acceptors (Lipinski definition) is 6. The van der Waals surface area contributed by atoms with Gasteiger partial charge in [-0.1, -0.05) is 43.0 Å². The Balaban J connectivity index is 1.53. The van der Waals surface area contributed by atoms with Crippen molar-refractivity contribution in [2.75, 3.05) is 24.2 Å². The summed E-state index contributed by atoms with van der Waals surface area (Å²) >= 11 is 2.96. The number of nitrogens with zero attached hydrogens (tertiary/aromatic N) is 3. The molecule has 0 spiro atoms. The van der Waals surface area contributed by atoms with Crippen molar-refractivity contribution < 1.29 is 4.79 Å². The van der Waals surface area contributed by atoms with Crippen molar-refractivity contribution in [1.82, 2.24) is 15.1 Å². The van der Waals surface area contributed by atoms with E-state index in [0.717, 1.165) is 28.2 Å². The number of piperidine rings is 1. The van der Waals surface area contributed by atoms with E-state index in [4.69, 9.17) is 0 Å². The lowest BCUT2D eigenvalue weighted by molar-refractivity contribution is -0.130. The van der Waals surface area contributed by atoms with Gasteiger partial charge in [0.25, 0.3) is 0 Å². The molecule has 0 unspecified atom stereocenters. The lowest BCUT2D eigenvalue weighted by Gasteiger charge is -2.34. The van der Waals surface area contributed by atoms with Crippen LogP contribution in [-0.4, -0.2) is 39.8 Å². The van der Waals surface area contributed by atoms with E-state index in [2.05, 4.69) is 55.3 Å². The molecule has 5 nitrogen and oxygen atoms in total. The number of hydrogen-bond donors (Lipinski definition) is 1. The molecular weight excluding hydrogens is 364 g/mol. The van der Waals surface area contributed by atoms with Gasteiger partial charge in [0.2, 0.25) is 11.0 Å². The van der Waals surface area contributed by atoms with Gasteiger partial charge in [-0.05, 0) is 55.4 Å². The summed E-state index contributed by atoms with van der Waals surface area (Å²) in [6.07, 6.45) is 1.21. The molecule has 0 bridgehead atoms. The third kappa shape index (κ3) is 4.98. The summed E-state index contributed by atoms with van der Waals surface area (Å²) in [5, 5.41) is 12.4. The van der Waals surface area contributed by atoms with Crippen molar-refractivity contribution in [1.29, 1.82) is 0 Å². The first kappa shape index (κ1) is 19.2. The van der Waals surface area contributed by atoms with E-state index in [1.165, 1.54) is 40.6 Å². The molecule has 2 heterocycles. The van der Waals surface area contributed by atoms with Crippen molar-refractivity contribution in [2.45, 2.75) is 38.5 Å². The van der Waals surface area contributed by atoms with E-state index in [1.54, 1.807) is 0 Å². The first-order valence-corrected chi connectivity index (χ1v) is 10.8. The summed E-state index contributed by atoms with van der Waals surface area (Å²) in [6, 6.07) is 6.23. The number of aryl methyl sites for hydroxylation is 2. The Labute approximate surface area is 163 Å². The highest BCUT2D eigenvalue weighted by Gasteiger charge is 2.25.